The van der Waals surface area contributed by atoms with Gasteiger partial charge in [0.25, 0.3) is 0 Å². The molecule has 3 heterocycles. The van der Waals surface area contributed by atoms with Crippen molar-refractivity contribution in [3.8, 4) is 22.8 Å². The second-order valence-electron chi connectivity index (χ2n) is 9.84. The summed E-state index contributed by atoms with van der Waals surface area (Å²) in [5.41, 5.74) is 1.85. The highest BCUT2D eigenvalue weighted by atomic mass is 19.1. The van der Waals surface area contributed by atoms with Gasteiger partial charge in [0.15, 0.2) is 0 Å². The molecule has 0 bridgehead atoms. The maximum Gasteiger partial charge on any atom is 0.323 e. The van der Waals surface area contributed by atoms with Gasteiger partial charge in [0.05, 0.1) is 41.5 Å². The number of rotatable bonds is 8. The molecule has 0 radical (unpaired) electrons. The molecule has 194 valence electrons. The summed E-state index contributed by atoms with van der Waals surface area (Å²) in [5, 5.41) is 13.8. The molecule has 11 heteroatoms. The van der Waals surface area contributed by atoms with Crippen LogP contribution in [-0.4, -0.2) is 56.1 Å². The molecule has 0 aliphatic carbocycles. The van der Waals surface area contributed by atoms with Crippen LogP contribution in [0.4, 0.5) is 20.6 Å². The largest absolute Gasteiger partial charge is 0.457 e. The number of ether oxygens (including phenoxy) is 1. The van der Waals surface area contributed by atoms with E-state index in [1.165, 1.54) is 18.3 Å². The molecule has 4 rings (SSSR count). The average molecular weight is 507 g/mol. The van der Waals surface area contributed by atoms with Crippen LogP contribution in [0.1, 0.15) is 20.8 Å². The van der Waals surface area contributed by atoms with Gasteiger partial charge in [0, 0.05) is 42.8 Å². The number of hydrogen-bond acceptors (Lipinski definition) is 6. The molecule has 0 unspecified atom stereocenters. The van der Waals surface area contributed by atoms with Crippen LogP contribution in [0.15, 0.2) is 61.3 Å². The number of hydrogen-bond donors (Lipinski definition) is 2. The second kappa shape index (κ2) is 10.8. The Morgan fingerprint density at radius 1 is 1.05 bits per heavy atom. The fourth-order valence-electron chi connectivity index (χ4n) is 3.39. The smallest absolute Gasteiger partial charge is 0.323 e. The highest BCUT2D eigenvalue weighted by Gasteiger charge is 2.15. The lowest BCUT2D eigenvalue weighted by Crippen LogP contribution is -2.22. The fourth-order valence-corrected chi connectivity index (χ4v) is 3.39. The zero-order valence-electron chi connectivity index (χ0n) is 21.6. The first-order valence-electron chi connectivity index (χ1n) is 11.8. The summed E-state index contributed by atoms with van der Waals surface area (Å²) >= 11 is 0. The van der Waals surface area contributed by atoms with Gasteiger partial charge >= 0.3 is 6.03 Å². The number of carbonyl (C=O) groups excluding carboxylic acids is 1. The minimum atomic E-state index is -0.630. The van der Waals surface area contributed by atoms with Crippen LogP contribution in [-0.2, 0) is 12.1 Å². The van der Waals surface area contributed by atoms with Crippen LogP contribution in [0.3, 0.4) is 0 Å². The van der Waals surface area contributed by atoms with E-state index < -0.39 is 11.8 Å². The molecule has 3 aromatic heterocycles. The molecule has 2 amide bonds. The number of pyridine rings is 1. The molecule has 4 aromatic rings. The van der Waals surface area contributed by atoms with E-state index in [1.54, 1.807) is 41.5 Å². The third-order valence-corrected chi connectivity index (χ3v) is 5.39. The van der Waals surface area contributed by atoms with E-state index in [0.717, 1.165) is 18.7 Å². The molecule has 0 saturated heterocycles. The number of likely N-dealkylation sites (N-methyl/N-ethyl adjacent to an activating group) is 1. The predicted octanol–water partition coefficient (Wildman–Crippen LogP) is 5.03. The number of amides is 2. The maximum absolute atomic E-state index is 14.7. The van der Waals surface area contributed by atoms with Crippen molar-refractivity contribution >= 4 is 17.4 Å². The molecule has 0 aliphatic heterocycles. The van der Waals surface area contributed by atoms with Crippen molar-refractivity contribution in [3.05, 3.63) is 67.1 Å². The van der Waals surface area contributed by atoms with E-state index in [4.69, 9.17) is 4.74 Å². The quantitative estimate of drug-likeness (QED) is 0.347. The molecule has 0 fully saturated rings. The van der Waals surface area contributed by atoms with Gasteiger partial charge in [-0.2, -0.15) is 10.2 Å². The van der Waals surface area contributed by atoms with Crippen molar-refractivity contribution in [1.29, 1.82) is 0 Å². The van der Waals surface area contributed by atoms with Gasteiger partial charge in [-0.25, -0.2) is 9.18 Å². The summed E-state index contributed by atoms with van der Waals surface area (Å²) in [7, 11) is 4.02. The maximum atomic E-state index is 14.7. The van der Waals surface area contributed by atoms with Gasteiger partial charge < -0.3 is 20.3 Å². The molecule has 10 nitrogen and oxygen atoms in total. The molecule has 0 saturated carbocycles. The highest BCUT2D eigenvalue weighted by molar-refractivity contribution is 5.99. The monoisotopic (exact) mass is 506 g/mol. The Kier molecular flexibility index (Phi) is 7.53. The van der Waals surface area contributed by atoms with Crippen molar-refractivity contribution < 1.29 is 13.9 Å². The van der Waals surface area contributed by atoms with Crippen LogP contribution in [0.5, 0.6) is 11.5 Å². The van der Waals surface area contributed by atoms with Crippen LogP contribution >= 0.6 is 0 Å². The molecular weight excluding hydrogens is 475 g/mol. The van der Waals surface area contributed by atoms with Crippen molar-refractivity contribution in [2.45, 2.75) is 32.9 Å². The number of anilines is 2. The van der Waals surface area contributed by atoms with Crippen molar-refractivity contribution in [2.24, 2.45) is 0 Å². The number of halogens is 1. The van der Waals surface area contributed by atoms with Gasteiger partial charge in [0.1, 0.15) is 17.3 Å². The number of nitrogens with zero attached hydrogens (tertiary/aromatic N) is 6. The summed E-state index contributed by atoms with van der Waals surface area (Å²) in [4.78, 5) is 18.8. The lowest BCUT2D eigenvalue weighted by Gasteiger charge is -2.18. The standard InChI is InChI=1S/C26H31FN8O2/c1-26(2,3)35-17-19(15-30-35)31-25(36)32-23-7-6-20(12-22(23)27)37-21-8-9-28-24(13-21)18-14-29-34(16-18)11-10-33(4)5/h6-9,12-17H,10-11H2,1-5H3,(H2,31,32,36). The van der Waals surface area contributed by atoms with Gasteiger partial charge in [-0.15, -0.1) is 0 Å². The summed E-state index contributed by atoms with van der Waals surface area (Å²) in [5.74, 6) is 0.156. The SMILES string of the molecule is CN(C)CCn1cc(-c2cc(Oc3ccc(NC(=O)Nc4cnn(C(C)(C)C)c4)c(F)c3)ccn2)cn1. The van der Waals surface area contributed by atoms with E-state index in [2.05, 4.69) is 30.7 Å². The fraction of sp³-hybridized carbons (Fsp3) is 0.308. The van der Waals surface area contributed by atoms with Crippen LogP contribution in [0, 0.1) is 5.82 Å². The first-order valence-corrected chi connectivity index (χ1v) is 11.8. The van der Waals surface area contributed by atoms with Crippen LogP contribution in [0.2, 0.25) is 0 Å². The Morgan fingerprint density at radius 2 is 1.84 bits per heavy atom. The third kappa shape index (κ3) is 6.91. The number of urea groups is 1. The van der Waals surface area contributed by atoms with E-state index >= 15 is 0 Å². The highest BCUT2D eigenvalue weighted by Crippen LogP contribution is 2.28. The molecule has 37 heavy (non-hydrogen) atoms. The zero-order valence-corrected chi connectivity index (χ0v) is 21.6. The number of carbonyl (C=O) groups is 1. The number of nitrogens with one attached hydrogen (secondary N) is 2. The third-order valence-electron chi connectivity index (χ3n) is 5.39. The molecule has 0 atom stereocenters. The lowest BCUT2D eigenvalue weighted by molar-refractivity contribution is 0.262. The molecular formula is C26H31FN8O2. The molecule has 0 spiro atoms. The van der Waals surface area contributed by atoms with E-state index in [-0.39, 0.29) is 17.0 Å². The van der Waals surface area contributed by atoms with Crippen molar-refractivity contribution in [2.75, 3.05) is 31.3 Å². The van der Waals surface area contributed by atoms with Gasteiger partial charge in [0.2, 0.25) is 0 Å². The predicted molar refractivity (Wildman–Crippen MR) is 140 cm³/mol. The van der Waals surface area contributed by atoms with Gasteiger partial charge in [-0.1, -0.05) is 0 Å². The Bertz CT molecular complexity index is 1370. The van der Waals surface area contributed by atoms with Crippen molar-refractivity contribution in [3.63, 3.8) is 0 Å². The summed E-state index contributed by atoms with van der Waals surface area (Å²) < 4.78 is 24.2. The van der Waals surface area contributed by atoms with E-state index in [9.17, 15) is 9.18 Å². The summed E-state index contributed by atoms with van der Waals surface area (Å²) in [6.07, 6.45) is 8.55. The average Bonchev–Trinajstić information content (AvgIpc) is 3.49. The topological polar surface area (TPSA) is 102 Å². The second-order valence-corrected chi connectivity index (χ2v) is 9.84. The Labute approximate surface area is 215 Å². The minimum Gasteiger partial charge on any atom is -0.457 e. The van der Waals surface area contributed by atoms with E-state index in [1.807, 2.05) is 45.7 Å². The van der Waals surface area contributed by atoms with Gasteiger partial charge in [-0.3, -0.25) is 14.3 Å². The Morgan fingerprint density at radius 3 is 2.54 bits per heavy atom. The first kappa shape index (κ1) is 25.8. The summed E-state index contributed by atoms with van der Waals surface area (Å²) in [6.45, 7) is 7.63. The normalized spacial score (nSPS) is 11.5. The number of benzene rings is 1. The van der Waals surface area contributed by atoms with E-state index in [0.29, 0.717) is 17.1 Å². The molecule has 0 aliphatic rings. The molecule has 1 aromatic carbocycles. The zero-order chi connectivity index (χ0) is 26.6. The van der Waals surface area contributed by atoms with Crippen LogP contribution < -0.4 is 15.4 Å². The lowest BCUT2D eigenvalue weighted by atomic mass is 10.1. The Hall–Kier alpha value is -4.25. The minimum absolute atomic E-state index is 0.0219. The van der Waals surface area contributed by atoms with Gasteiger partial charge in [-0.05, 0) is 53.1 Å². The summed E-state index contributed by atoms with van der Waals surface area (Å²) in [6, 6.07) is 7.12. The Balaban J connectivity index is 1.38. The van der Waals surface area contributed by atoms with Crippen LogP contribution in [0.25, 0.3) is 11.3 Å². The first-order chi connectivity index (χ1) is 17.6. The molecule has 2 N–H and O–H groups in total. The number of aromatic nitrogens is 5. The van der Waals surface area contributed by atoms with Crippen molar-refractivity contribution in [1.82, 2.24) is 29.4 Å².